The van der Waals surface area contributed by atoms with E-state index in [0.717, 1.165) is 16.7 Å². The third kappa shape index (κ3) is 4.86. The van der Waals surface area contributed by atoms with Gasteiger partial charge in [0, 0.05) is 17.5 Å². The number of aromatic amines is 1. The Kier molecular flexibility index (Phi) is 6.55. The second-order valence-electron chi connectivity index (χ2n) is 8.88. The van der Waals surface area contributed by atoms with Gasteiger partial charge in [0.2, 0.25) is 5.95 Å². The summed E-state index contributed by atoms with van der Waals surface area (Å²) in [5.41, 5.74) is 4.19. The number of H-pyrrole nitrogens is 1. The number of carbonyl (C=O) groups excluding carboxylic acids is 1. The van der Waals surface area contributed by atoms with Crippen LogP contribution in [-0.4, -0.2) is 32.6 Å². The van der Waals surface area contributed by atoms with Crippen molar-refractivity contribution in [2.45, 2.75) is 26.8 Å². The van der Waals surface area contributed by atoms with Crippen molar-refractivity contribution in [3.63, 3.8) is 0 Å². The van der Waals surface area contributed by atoms with Gasteiger partial charge in [-0.05, 0) is 48.7 Å². The minimum atomic E-state index is -0.241. The number of methoxy groups -OCH3 is 1. The van der Waals surface area contributed by atoms with Gasteiger partial charge in [-0.2, -0.15) is 9.50 Å². The number of amides is 1. The molecule has 0 saturated heterocycles. The number of anilines is 1. The molecule has 0 atom stereocenters. The highest BCUT2D eigenvalue weighted by Crippen LogP contribution is 2.21. The number of hydrogen-bond acceptors (Lipinski definition) is 5. The van der Waals surface area contributed by atoms with E-state index in [1.165, 1.54) is 9.42 Å². The molecule has 1 N–H and O–H groups in total. The molecule has 186 valence electrons. The van der Waals surface area contributed by atoms with Crippen molar-refractivity contribution in [3.05, 3.63) is 123 Å². The average Bonchev–Trinajstić information content (AvgIpc) is 3.34. The van der Waals surface area contributed by atoms with E-state index >= 15 is 0 Å². The Morgan fingerprint density at radius 3 is 2.43 bits per heavy atom. The molecule has 0 unspecified atom stereocenters. The maximum atomic E-state index is 13.8. The number of hydrogen-bond donors (Lipinski definition) is 1. The molecule has 3 aromatic carbocycles. The monoisotopic (exact) mass is 493 g/mol. The molecule has 37 heavy (non-hydrogen) atoms. The fourth-order valence-electron chi connectivity index (χ4n) is 4.32. The summed E-state index contributed by atoms with van der Waals surface area (Å²) in [5.74, 6) is 0.887. The number of ether oxygens (including phenoxy) is 1. The van der Waals surface area contributed by atoms with Crippen LogP contribution in [0.5, 0.6) is 5.75 Å². The number of nitrogens with zero attached hydrogens (tertiary/aromatic N) is 4. The molecule has 5 rings (SSSR count). The lowest BCUT2D eigenvalue weighted by Gasteiger charge is -2.21. The number of aromatic nitrogens is 4. The summed E-state index contributed by atoms with van der Waals surface area (Å²) >= 11 is 0. The van der Waals surface area contributed by atoms with Gasteiger partial charge in [0.1, 0.15) is 5.75 Å². The summed E-state index contributed by atoms with van der Waals surface area (Å²) in [4.78, 5) is 37.9. The van der Waals surface area contributed by atoms with Crippen molar-refractivity contribution in [1.29, 1.82) is 0 Å². The van der Waals surface area contributed by atoms with Gasteiger partial charge in [-0.3, -0.25) is 19.6 Å². The third-order valence-electron chi connectivity index (χ3n) is 6.36. The van der Waals surface area contributed by atoms with Crippen LogP contribution in [-0.2, 0) is 13.0 Å². The number of fused-ring (bicyclic) bond motifs is 1. The van der Waals surface area contributed by atoms with Crippen molar-refractivity contribution >= 4 is 17.6 Å². The number of nitrogens with one attached hydrogen (secondary N) is 1. The van der Waals surface area contributed by atoms with Gasteiger partial charge >= 0.3 is 0 Å². The minimum absolute atomic E-state index is 0.211. The van der Waals surface area contributed by atoms with Crippen LogP contribution >= 0.6 is 0 Å². The minimum Gasteiger partial charge on any atom is -0.497 e. The molecule has 0 aliphatic carbocycles. The van der Waals surface area contributed by atoms with Crippen LogP contribution in [0.25, 0.3) is 5.78 Å². The van der Waals surface area contributed by atoms with Crippen molar-refractivity contribution in [2.75, 3.05) is 12.0 Å². The lowest BCUT2D eigenvalue weighted by atomic mass is 10.1. The van der Waals surface area contributed by atoms with Crippen molar-refractivity contribution in [1.82, 2.24) is 19.6 Å². The molecule has 2 heterocycles. The first-order chi connectivity index (χ1) is 17.9. The molecule has 8 heteroatoms. The van der Waals surface area contributed by atoms with Gasteiger partial charge in [0.25, 0.3) is 17.2 Å². The molecule has 0 aliphatic heterocycles. The summed E-state index contributed by atoms with van der Waals surface area (Å²) in [6, 6.07) is 24.7. The highest BCUT2D eigenvalue weighted by molar-refractivity contribution is 6.06. The second-order valence-corrected chi connectivity index (χ2v) is 8.88. The van der Waals surface area contributed by atoms with Gasteiger partial charge in [-0.15, -0.1) is 0 Å². The Balaban J connectivity index is 1.60. The maximum absolute atomic E-state index is 13.8. The van der Waals surface area contributed by atoms with E-state index in [1.54, 1.807) is 20.1 Å². The van der Waals surface area contributed by atoms with E-state index in [1.807, 2.05) is 79.7 Å². The van der Waals surface area contributed by atoms with Crippen molar-refractivity contribution < 1.29 is 9.53 Å². The van der Waals surface area contributed by atoms with Crippen LogP contribution in [0.4, 0.5) is 5.95 Å². The van der Waals surface area contributed by atoms with Gasteiger partial charge in [-0.25, -0.2) is 4.98 Å². The first-order valence-electron chi connectivity index (χ1n) is 12.0. The Morgan fingerprint density at radius 2 is 1.68 bits per heavy atom. The van der Waals surface area contributed by atoms with E-state index in [2.05, 4.69) is 15.1 Å². The molecular weight excluding hydrogens is 466 g/mol. The van der Waals surface area contributed by atoms with Crippen LogP contribution in [0, 0.1) is 13.8 Å². The fourth-order valence-corrected chi connectivity index (χ4v) is 4.32. The summed E-state index contributed by atoms with van der Waals surface area (Å²) in [6.45, 7) is 3.91. The number of benzene rings is 3. The molecule has 2 aromatic heterocycles. The number of rotatable bonds is 7. The first-order valence-corrected chi connectivity index (χ1v) is 12.0. The summed E-state index contributed by atoms with van der Waals surface area (Å²) in [6.07, 6.45) is 0.450. The standard InChI is InChI=1S/C29H27N5O3/c1-19-10-7-8-15-24(19)26(35)33(18-22-13-9-14-23(16-22)37-3)29-31-28-30-20(2)25(27(36)34(28)32-29)17-21-11-5-4-6-12-21/h4-16H,17-18H2,1-3H3,(H,30,31,32). The van der Waals surface area contributed by atoms with E-state index in [9.17, 15) is 9.59 Å². The Morgan fingerprint density at radius 1 is 0.946 bits per heavy atom. The highest BCUT2D eigenvalue weighted by Gasteiger charge is 2.24. The van der Waals surface area contributed by atoms with Gasteiger partial charge < -0.3 is 4.74 Å². The SMILES string of the molecule is COc1cccc(CN(C(=O)c2ccccc2C)c2nc3nc(C)c(Cc4ccccc4)c(=O)n3[nH]2)c1. The summed E-state index contributed by atoms with van der Waals surface area (Å²) in [5, 5.41) is 3.04. The van der Waals surface area contributed by atoms with E-state index < -0.39 is 0 Å². The summed E-state index contributed by atoms with van der Waals surface area (Å²) < 4.78 is 6.67. The molecule has 0 aliphatic rings. The fraction of sp³-hybridized carbons (Fsp3) is 0.172. The van der Waals surface area contributed by atoms with Crippen LogP contribution in [0.1, 0.15) is 38.3 Å². The van der Waals surface area contributed by atoms with E-state index in [-0.39, 0.29) is 29.7 Å². The zero-order chi connectivity index (χ0) is 25.9. The maximum Gasteiger partial charge on any atom is 0.277 e. The second kappa shape index (κ2) is 10.1. The molecule has 1 amide bonds. The van der Waals surface area contributed by atoms with Crippen molar-refractivity contribution in [3.8, 4) is 5.75 Å². The Bertz CT molecular complexity index is 1640. The smallest absolute Gasteiger partial charge is 0.277 e. The summed E-state index contributed by atoms with van der Waals surface area (Å²) in [7, 11) is 1.60. The molecule has 0 saturated carbocycles. The number of aryl methyl sites for hydroxylation is 2. The van der Waals surface area contributed by atoms with Crippen molar-refractivity contribution in [2.24, 2.45) is 0 Å². The zero-order valence-electron chi connectivity index (χ0n) is 20.9. The van der Waals surface area contributed by atoms with E-state index in [0.29, 0.717) is 29.0 Å². The van der Waals surface area contributed by atoms with Crippen LogP contribution in [0.15, 0.2) is 83.7 Å². The van der Waals surface area contributed by atoms with Crippen LogP contribution < -0.4 is 15.2 Å². The van der Waals surface area contributed by atoms with Crippen LogP contribution in [0.3, 0.4) is 0 Å². The van der Waals surface area contributed by atoms with Crippen LogP contribution in [0.2, 0.25) is 0 Å². The predicted octanol–water partition coefficient (Wildman–Crippen LogP) is 4.48. The topological polar surface area (TPSA) is 92.6 Å². The highest BCUT2D eigenvalue weighted by atomic mass is 16.5. The van der Waals surface area contributed by atoms with Gasteiger partial charge in [0.05, 0.1) is 19.3 Å². The van der Waals surface area contributed by atoms with Gasteiger partial charge in [0.15, 0.2) is 0 Å². The quantitative estimate of drug-likeness (QED) is 0.361. The van der Waals surface area contributed by atoms with Gasteiger partial charge in [-0.1, -0.05) is 60.7 Å². The third-order valence-corrected chi connectivity index (χ3v) is 6.36. The molecule has 0 fully saturated rings. The molecular formula is C29H27N5O3. The average molecular weight is 494 g/mol. The molecule has 5 aromatic rings. The molecule has 0 radical (unpaired) electrons. The number of carbonyl (C=O) groups is 1. The lowest BCUT2D eigenvalue weighted by molar-refractivity contribution is 0.0983. The zero-order valence-corrected chi connectivity index (χ0v) is 20.9. The largest absolute Gasteiger partial charge is 0.497 e. The predicted molar refractivity (Wildman–Crippen MR) is 142 cm³/mol. The molecule has 8 nitrogen and oxygen atoms in total. The molecule has 0 bridgehead atoms. The first kappa shape index (κ1) is 24.0. The normalized spacial score (nSPS) is 11.0. The lowest BCUT2D eigenvalue weighted by Crippen LogP contribution is -2.32. The van der Waals surface area contributed by atoms with E-state index in [4.69, 9.17) is 4.74 Å². The molecule has 0 spiro atoms. The Labute approximate surface area is 214 Å². The Hall–Kier alpha value is -4.72.